The summed E-state index contributed by atoms with van der Waals surface area (Å²) in [6.07, 6.45) is 0. The quantitative estimate of drug-likeness (QED) is 0.829. The summed E-state index contributed by atoms with van der Waals surface area (Å²) < 4.78 is 26.5. The van der Waals surface area contributed by atoms with Crippen molar-refractivity contribution in [2.75, 3.05) is 11.1 Å². The van der Waals surface area contributed by atoms with Crippen molar-refractivity contribution in [3.05, 3.63) is 58.6 Å². The molecule has 6 heteroatoms. The number of carbonyl (C=O) groups is 1. The summed E-state index contributed by atoms with van der Waals surface area (Å²) in [6.45, 7) is 0. The van der Waals surface area contributed by atoms with E-state index in [1.807, 2.05) is 0 Å². The van der Waals surface area contributed by atoms with Gasteiger partial charge in [0.05, 0.1) is 11.3 Å². The van der Waals surface area contributed by atoms with Gasteiger partial charge in [0.25, 0.3) is 5.91 Å². The van der Waals surface area contributed by atoms with Gasteiger partial charge in [-0.1, -0.05) is 11.6 Å². The number of halogens is 3. The van der Waals surface area contributed by atoms with Crippen LogP contribution in [-0.4, -0.2) is 5.91 Å². The van der Waals surface area contributed by atoms with Gasteiger partial charge in [-0.05, 0) is 36.4 Å². The number of nitrogen functional groups attached to an aromatic ring is 1. The minimum absolute atomic E-state index is 0.102. The summed E-state index contributed by atoms with van der Waals surface area (Å²) >= 11 is 5.59. The van der Waals surface area contributed by atoms with Gasteiger partial charge in [-0.2, -0.15) is 0 Å². The number of nitrogens with one attached hydrogen (secondary N) is 1. The largest absolute Gasteiger partial charge is 0.396 e. The summed E-state index contributed by atoms with van der Waals surface area (Å²) in [5.41, 5.74) is 5.38. The van der Waals surface area contributed by atoms with Crippen molar-refractivity contribution in [2.24, 2.45) is 0 Å². The SMILES string of the molecule is Nc1cc(NC(=O)c2ccc(Cl)cc2F)ccc1F. The van der Waals surface area contributed by atoms with Crippen LogP contribution in [0.25, 0.3) is 0 Å². The van der Waals surface area contributed by atoms with Gasteiger partial charge in [0.2, 0.25) is 0 Å². The van der Waals surface area contributed by atoms with Crippen LogP contribution in [0.4, 0.5) is 20.2 Å². The minimum Gasteiger partial charge on any atom is -0.396 e. The Balaban J connectivity index is 2.23. The van der Waals surface area contributed by atoms with Gasteiger partial charge in [0, 0.05) is 10.7 Å². The van der Waals surface area contributed by atoms with Crippen LogP contribution in [0.15, 0.2) is 36.4 Å². The Morgan fingerprint density at radius 1 is 1.11 bits per heavy atom. The molecule has 0 radical (unpaired) electrons. The molecule has 0 heterocycles. The van der Waals surface area contributed by atoms with Crippen molar-refractivity contribution < 1.29 is 13.6 Å². The maximum absolute atomic E-state index is 13.5. The number of rotatable bonds is 2. The van der Waals surface area contributed by atoms with Crippen LogP contribution in [0.2, 0.25) is 5.02 Å². The molecule has 0 fully saturated rings. The molecular weight excluding hydrogens is 274 g/mol. The van der Waals surface area contributed by atoms with Gasteiger partial charge < -0.3 is 11.1 Å². The van der Waals surface area contributed by atoms with E-state index in [-0.39, 0.29) is 22.0 Å². The van der Waals surface area contributed by atoms with Crippen LogP contribution < -0.4 is 11.1 Å². The predicted molar refractivity (Wildman–Crippen MR) is 70.2 cm³/mol. The third-order valence-corrected chi connectivity index (χ3v) is 2.66. The maximum atomic E-state index is 13.5. The molecule has 0 aliphatic carbocycles. The third kappa shape index (κ3) is 3.00. The monoisotopic (exact) mass is 282 g/mol. The Labute approximate surface area is 113 Å². The Kier molecular flexibility index (Phi) is 3.66. The molecule has 0 bridgehead atoms. The minimum atomic E-state index is -0.736. The second-order valence-electron chi connectivity index (χ2n) is 3.81. The van der Waals surface area contributed by atoms with E-state index in [4.69, 9.17) is 17.3 Å². The van der Waals surface area contributed by atoms with E-state index in [9.17, 15) is 13.6 Å². The highest BCUT2D eigenvalue weighted by atomic mass is 35.5. The van der Waals surface area contributed by atoms with Gasteiger partial charge in [-0.25, -0.2) is 8.78 Å². The molecule has 3 N–H and O–H groups in total. The summed E-state index contributed by atoms with van der Waals surface area (Å²) in [5.74, 6) is -1.99. The van der Waals surface area contributed by atoms with E-state index in [1.54, 1.807) is 0 Å². The molecule has 2 aromatic carbocycles. The molecule has 1 amide bonds. The fraction of sp³-hybridized carbons (Fsp3) is 0. The zero-order valence-corrected chi connectivity index (χ0v) is 10.3. The molecule has 0 atom stereocenters. The fourth-order valence-corrected chi connectivity index (χ4v) is 1.65. The van der Waals surface area contributed by atoms with Crippen molar-refractivity contribution in [3.63, 3.8) is 0 Å². The summed E-state index contributed by atoms with van der Waals surface area (Å²) in [6, 6.07) is 7.40. The number of hydrogen-bond donors (Lipinski definition) is 2. The van der Waals surface area contributed by atoms with Crippen LogP contribution in [-0.2, 0) is 0 Å². The maximum Gasteiger partial charge on any atom is 0.258 e. The molecule has 3 nitrogen and oxygen atoms in total. The lowest BCUT2D eigenvalue weighted by Crippen LogP contribution is -2.14. The number of benzene rings is 2. The topological polar surface area (TPSA) is 55.1 Å². The number of anilines is 2. The van der Waals surface area contributed by atoms with E-state index in [0.717, 1.165) is 12.1 Å². The second kappa shape index (κ2) is 5.24. The van der Waals surface area contributed by atoms with Crippen LogP contribution in [0, 0.1) is 11.6 Å². The first kappa shape index (κ1) is 13.3. The normalized spacial score (nSPS) is 10.3. The van der Waals surface area contributed by atoms with E-state index >= 15 is 0 Å². The van der Waals surface area contributed by atoms with Crippen LogP contribution in [0.5, 0.6) is 0 Å². The van der Waals surface area contributed by atoms with Crippen molar-refractivity contribution in [3.8, 4) is 0 Å². The highest BCUT2D eigenvalue weighted by molar-refractivity contribution is 6.30. The van der Waals surface area contributed by atoms with E-state index in [2.05, 4.69) is 5.32 Å². The van der Waals surface area contributed by atoms with Gasteiger partial charge in [0.1, 0.15) is 11.6 Å². The summed E-state index contributed by atoms with van der Waals surface area (Å²) in [5, 5.41) is 2.61. The first-order valence-corrected chi connectivity index (χ1v) is 5.66. The molecule has 0 aliphatic heterocycles. The van der Waals surface area contributed by atoms with Crippen molar-refractivity contribution >= 4 is 28.9 Å². The summed E-state index contributed by atoms with van der Waals surface area (Å²) in [4.78, 5) is 11.8. The van der Waals surface area contributed by atoms with Crippen LogP contribution in [0.3, 0.4) is 0 Å². The van der Waals surface area contributed by atoms with Gasteiger partial charge in [-0.15, -0.1) is 0 Å². The Morgan fingerprint density at radius 3 is 2.47 bits per heavy atom. The first-order valence-electron chi connectivity index (χ1n) is 5.29. The van der Waals surface area contributed by atoms with Crippen molar-refractivity contribution in [2.45, 2.75) is 0 Å². The van der Waals surface area contributed by atoms with Gasteiger partial charge >= 0.3 is 0 Å². The smallest absolute Gasteiger partial charge is 0.258 e. The molecule has 2 rings (SSSR count). The molecule has 0 aliphatic rings. The van der Waals surface area contributed by atoms with Crippen LogP contribution in [0.1, 0.15) is 10.4 Å². The molecule has 0 aromatic heterocycles. The Bertz CT molecular complexity index is 647. The standard InChI is InChI=1S/C13H9ClF2N2O/c14-7-1-3-9(11(16)5-7)13(19)18-8-2-4-10(15)12(17)6-8/h1-6H,17H2,(H,18,19). The lowest BCUT2D eigenvalue weighted by Gasteiger charge is -2.07. The molecule has 0 saturated heterocycles. The zero-order valence-electron chi connectivity index (χ0n) is 9.58. The third-order valence-electron chi connectivity index (χ3n) is 2.43. The van der Waals surface area contributed by atoms with Gasteiger partial charge in [0.15, 0.2) is 0 Å². The average molecular weight is 283 g/mol. The van der Waals surface area contributed by atoms with Crippen molar-refractivity contribution in [1.82, 2.24) is 0 Å². The van der Waals surface area contributed by atoms with E-state index in [1.165, 1.54) is 24.3 Å². The molecule has 2 aromatic rings. The van der Waals surface area contributed by atoms with Gasteiger partial charge in [-0.3, -0.25) is 4.79 Å². The van der Waals surface area contributed by atoms with E-state index in [0.29, 0.717) is 0 Å². The number of hydrogen-bond acceptors (Lipinski definition) is 2. The fourth-order valence-electron chi connectivity index (χ4n) is 1.49. The van der Waals surface area contributed by atoms with Crippen LogP contribution >= 0.6 is 11.6 Å². The molecule has 0 spiro atoms. The lowest BCUT2D eigenvalue weighted by molar-refractivity contribution is 0.102. The van der Waals surface area contributed by atoms with Crippen molar-refractivity contribution in [1.29, 1.82) is 0 Å². The molecule has 98 valence electrons. The predicted octanol–water partition coefficient (Wildman–Crippen LogP) is 3.45. The molecule has 0 saturated carbocycles. The molecule has 19 heavy (non-hydrogen) atoms. The zero-order chi connectivity index (χ0) is 14.0. The first-order chi connectivity index (χ1) is 8.97. The lowest BCUT2D eigenvalue weighted by atomic mass is 10.2. The number of amides is 1. The Hall–Kier alpha value is -2.14. The summed E-state index contributed by atoms with van der Waals surface area (Å²) in [7, 11) is 0. The highest BCUT2D eigenvalue weighted by Crippen LogP contribution is 2.19. The average Bonchev–Trinajstić information content (AvgIpc) is 2.33. The second-order valence-corrected chi connectivity index (χ2v) is 4.25. The van der Waals surface area contributed by atoms with E-state index < -0.39 is 17.5 Å². The molecule has 0 unspecified atom stereocenters. The number of carbonyl (C=O) groups excluding carboxylic acids is 1. The number of nitrogens with two attached hydrogens (primary N) is 1. The Morgan fingerprint density at radius 2 is 1.84 bits per heavy atom. The molecular formula is C13H9ClF2N2O. The highest BCUT2D eigenvalue weighted by Gasteiger charge is 2.12.